The largest absolute Gasteiger partial charge is 0.507 e. The minimum atomic E-state index is -0.217. The van der Waals surface area contributed by atoms with E-state index in [1.54, 1.807) is 24.3 Å². The molecule has 0 spiro atoms. The number of carbonyl (C=O) groups excluding carboxylic acids is 2. The standard InChI is InChI=1S/C14H10O4/c15-7-9-3-1-5-11(13(9)17)12-6-2-4-10(8-16)14(12)18/h1-8,17-18H. The highest BCUT2D eigenvalue weighted by Crippen LogP contribution is 2.37. The van der Waals surface area contributed by atoms with Gasteiger partial charge in [0.15, 0.2) is 12.6 Å². The van der Waals surface area contributed by atoms with Crippen molar-refractivity contribution in [1.82, 2.24) is 0 Å². The normalized spacial score (nSPS) is 10.0. The van der Waals surface area contributed by atoms with Gasteiger partial charge in [-0.05, 0) is 12.1 Å². The van der Waals surface area contributed by atoms with Gasteiger partial charge in [-0.25, -0.2) is 0 Å². The van der Waals surface area contributed by atoms with E-state index in [2.05, 4.69) is 0 Å². The molecule has 0 fully saturated rings. The minimum absolute atomic E-state index is 0.128. The molecule has 0 heterocycles. The number of benzene rings is 2. The van der Waals surface area contributed by atoms with E-state index in [1.165, 1.54) is 12.1 Å². The maximum atomic E-state index is 10.7. The molecule has 0 amide bonds. The molecule has 0 saturated heterocycles. The molecular weight excluding hydrogens is 232 g/mol. The maximum absolute atomic E-state index is 10.7. The molecule has 0 aromatic heterocycles. The van der Waals surface area contributed by atoms with Crippen molar-refractivity contribution in [3.05, 3.63) is 47.5 Å². The number of aldehydes is 2. The van der Waals surface area contributed by atoms with Gasteiger partial charge < -0.3 is 10.2 Å². The molecule has 0 saturated carbocycles. The van der Waals surface area contributed by atoms with E-state index in [4.69, 9.17) is 0 Å². The summed E-state index contributed by atoms with van der Waals surface area (Å²) in [7, 11) is 0. The predicted octanol–water partition coefficient (Wildman–Crippen LogP) is 2.39. The molecule has 0 aliphatic heterocycles. The molecule has 0 aliphatic rings. The number of hydrogen-bond donors (Lipinski definition) is 2. The van der Waals surface area contributed by atoms with Gasteiger partial charge in [-0.15, -0.1) is 0 Å². The highest BCUT2D eigenvalue weighted by atomic mass is 16.3. The highest BCUT2D eigenvalue weighted by molar-refractivity contribution is 5.90. The molecule has 0 atom stereocenters. The van der Waals surface area contributed by atoms with Gasteiger partial charge in [0, 0.05) is 11.1 Å². The van der Waals surface area contributed by atoms with Gasteiger partial charge in [-0.1, -0.05) is 24.3 Å². The predicted molar refractivity (Wildman–Crippen MR) is 66.0 cm³/mol. The fourth-order valence-electron chi connectivity index (χ4n) is 1.75. The molecule has 0 aliphatic carbocycles. The number of hydrogen-bond acceptors (Lipinski definition) is 4. The Morgan fingerprint density at radius 3 is 1.44 bits per heavy atom. The molecule has 0 unspecified atom stereocenters. The quantitative estimate of drug-likeness (QED) is 0.810. The van der Waals surface area contributed by atoms with Crippen LogP contribution in [0, 0.1) is 0 Å². The average molecular weight is 242 g/mol. The molecule has 4 heteroatoms. The van der Waals surface area contributed by atoms with Crippen LogP contribution in [-0.4, -0.2) is 22.8 Å². The van der Waals surface area contributed by atoms with Crippen molar-refractivity contribution in [1.29, 1.82) is 0 Å². The summed E-state index contributed by atoms with van der Waals surface area (Å²) in [6.07, 6.45) is 1.05. The Hall–Kier alpha value is -2.62. The highest BCUT2D eigenvalue weighted by Gasteiger charge is 2.13. The van der Waals surface area contributed by atoms with Gasteiger partial charge in [-0.2, -0.15) is 0 Å². The molecule has 2 rings (SSSR count). The first kappa shape index (κ1) is 11.9. The first-order chi connectivity index (χ1) is 8.69. The van der Waals surface area contributed by atoms with E-state index >= 15 is 0 Å². The van der Waals surface area contributed by atoms with Crippen LogP contribution < -0.4 is 0 Å². The summed E-state index contributed by atoms with van der Waals surface area (Å²) in [4.78, 5) is 21.5. The zero-order valence-corrected chi connectivity index (χ0v) is 9.33. The van der Waals surface area contributed by atoms with Gasteiger partial charge >= 0.3 is 0 Å². The zero-order valence-electron chi connectivity index (χ0n) is 9.33. The van der Waals surface area contributed by atoms with Crippen LogP contribution in [0.15, 0.2) is 36.4 Å². The van der Waals surface area contributed by atoms with Gasteiger partial charge in [-0.3, -0.25) is 9.59 Å². The first-order valence-electron chi connectivity index (χ1n) is 5.23. The van der Waals surface area contributed by atoms with E-state index in [9.17, 15) is 19.8 Å². The van der Waals surface area contributed by atoms with Gasteiger partial charge in [0.2, 0.25) is 0 Å². The fourth-order valence-corrected chi connectivity index (χ4v) is 1.75. The van der Waals surface area contributed by atoms with Crippen LogP contribution in [0.4, 0.5) is 0 Å². The third-order valence-corrected chi connectivity index (χ3v) is 2.68. The maximum Gasteiger partial charge on any atom is 0.153 e. The van der Waals surface area contributed by atoms with Gasteiger partial charge in [0.1, 0.15) is 11.5 Å². The lowest BCUT2D eigenvalue weighted by Gasteiger charge is -2.09. The van der Waals surface area contributed by atoms with Crippen molar-refractivity contribution in [2.45, 2.75) is 0 Å². The smallest absolute Gasteiger partial charge is 0.153 e. The Kier molecular flexibility index (Phi) is 3.10. The molecule has 2 aromatic carbocycles. The molecule has 90 valence electrons. The summed E-state index contributed by atoms with van der Waals surface area (Å²) < 4.78 is 0. The number of carbonyl (C=O) groups is 2. The van der Waals surface area contributed by atoms with Crippen LogP contribution in [0.5, 0.6) is 11.5 Å². The molecule has 2 N–H and O–H groups in total. The van der Waals surface area contributed by atoms with Crippen LogP contribution in [0.2, 0.25) is 0 Å². The lowest BCUT2D eigenvalue weighted by molar-refractivity contribution is 0.111. The third kappa shape index (κ3) is 1.84. The molecule has 0 bridgehead atoms. The van der Waals surface area contributed by atoms with Crippen LogP contribution in [0.3, 0.4) is 0 Å². The second-order valence-corrected chi connectivity index (χ2v) is 3.72. The van der Waals surface area contributed by atoms with Crippen LogP contribution >= 0.6 is 0 Å². The monoisotopic (exact) mass is 242 g/mol. The Balaban J connectivity index is 2.69. The lowest BCUT2D eigenvalue weighted by atomic mass is 9.99. The Labute approximate surface area is 103 Å². The Morgan fingerprint density at radius 1 is 0.722 bits per heavy atom. The van der Waals surface area contributed by atoms with Crippen molar-refractivity contribution in [2.75, 3.05) is 0 Å². The van der Waals surface area contributed by atoms with Crippen molar-refractivity contribution in [3.8, 4) is 22.6 Å². The lowest BCUT2D eigenvalue weighted by Crippen LogP contribution is -1.89. The third-order valence-electron chi connectivity index (χ3n) is 2.68. The summed E-state index contributed by atoms with van der Waals surface area (Å²) in [5.41, 5.74) is 0.869. The van der Waals surface area contributed by atoms with Crippen LogP contribution in [-0.2, 0) is 0 Å². The van der Waals surface area contributed by atoms with E-state index in [0.29, 0.717) is 23.7 Å². The van der Waals surface area contributed by atoms with Crippen molar-refractivity contribution < 1.29 is 19.8 Å². The topological polar surface area (TPSA) is 74.6 Å². The molecule has 0 radical (unpaired) electrons. The van der Waals surface area contributed by atoms with Gasteiger partial charge in [0.05, 0.1) is 11.1 Å². The summed E-state index contributed by atoms with van der Waals surface area (Å²) in [6, 6.07) is 9.23. The van der Waals surface area contributed by atoms with E-state index < -0.39 is 0 Å². The fraction of sp³-hybridized carbons (Fsp3) is 0. The first-order valence-corrected chi connectivity index (χ1v) is 5.23. The minimum Gasteiger partial charge on any atom is -0.507 e. The number of phenolic OH excluding ortho intramolecular Hbond substituents is 2. The molecular formula is C14H10O4. The van der Waals surface area contributed by atoms with Crippen molar-refractivity contribution >= 4 is 12.6 Å². The summed E-state index contributed by atoms with van der Waals surface area (Å²) in [5, 5.41) is 19.8. The van der Waals surface area contributed by atoms with E-state index in [-0.39, 0.29) is 22.6 Å². The molecule has 4 nitrogen and oxygen atoms in total. The van der Waals surface area contributed by atoms with E-state index in [0.717, 1.165) is 0 Å². The Morgan fingerprint density at radius 2 is 1.11 bits per heavy atom. The number of para-hydroxylation sites is 2. The van der Waals surface area contributed by atoms with Crippen molar-refractivity contribution in [2.24, 2.45) is 0 Å². The summed E-state index contributed by atoms with van der Waals surface area (Å²) in [6.45, 7) is 0. The SMILES string of the molecule is O=Cc1cccc(-c2cccc(C=O)c2O)c1O. The summed E-state index contributed by atoms with van der Waals surface area (Å²) >= 11 is 0. The molecule has 18 heavy (non-hydrogen) atoms. The number of phenols is 2. The van der Waals surface area contributed by atoms with Crippen LogP contribution in [0.1, 0.15) is 20.7 Å². The number of rotatable bonds is 3. The van der Waals surface area contributed by atoms with Gasteiger partial charge in [0.25, 0.3) is 0 Å². The van der Waals surface area contributed by atoms with E-state index in [1.807, 2.05) is 0 Å². The number of aromatic hydroxyl groups is 2. The van der Waals surface area contributed by atoms with Crippen LogP contribution in [0.25, 0.3) is 11.1 Å². The average Bonchev–Trinajstić information content (AvgIpc) is 2.40. The Bertz CT molecular complexity index is 562. The zero-order chi connectivity index (χ0) is 13.1. The summed E-state index contributed by atoms with van der Waals surface area (Å²) in [5.74, 6) is -0.434. The van der Waals surface area contributed by atoms with Crippen molar-refractivity contribution in [3.63, 3.8) is 0 Å². The second kappa shape index (κ2) is 4.71. The second-order valence-electron chi connectivity index (χ2n) is 3.72. The molecule has 2 aromatic rings.